The van der Waals surface area contributed by atoms with Crippen molar-refractivity contribution >= 4 is 21.8 Å². The average molecular weight is 293 g/mol. The SMILES string of the molecule is Cc1ccc2c(c1)ncc1c(=O)n(-c3ccc(F)cc3)[nH]c12. The normalized spacial score (nSPS) is 11.4. The maximum absolute atomic E-state index is 13.0. The number of H-pyrrole nitrogens is 1. The van der Waals surface area contributed by atoms with Crippen molar-refractivity contribution in [3.63, 3.8) is 0 Å². The number of benzene rings is 2. The first kappa shape index (κ1) is 12.8. The summed E-state index contributed by atoms with van der Waals surface area (Å²) < 4.78 is 14.5. The molecule has 0 bridgehead atoms. The summed E-state index contributed by atoms with van der Waals surface area (Å²) in [7, 11) is 0. The molecule has 4 rings (SSSR count). The Hall–Kier alpha value is -2.95. The van der Waals surface area contributed by atoms with Gasteiger partial charge in [-0.05, 0) is 42.8 Å². The Bertz CT molecular complexity index is 1060. The number of fused-ring (bicyclic) bond motifs is 3. The minimum atomic E-state index is -0.337. The second-order valence-electron chi connectivity index (χ2n) is 5.30. The van der Waals surface area contributed by atoms with Gasteiger partial charge >= 0.3 is 0 Å². The molecule has 2 aromatic carbocycles. The molecule has 0 aliphatic rings. The van der Waals surface area contributed by atoms with E-state index >= 15 is 0 Å². The molecule has 0 saturated heterocycles. The molecule has 0 aliphatic heterocycles. The van der Waals surface area contributed by atoms with E-state index in [0.29, 0.717) is 11.1 Å². The molecule has 108 valence electrons. The molecule has 0 unspecified atom stereocenters. The van der Waals surface area contributed by atoms with Crippen molar-refractivity contribution in [1.82, 2.24) is 14.8 Å². The van der Waals surface area contributed by atoms with Crippen LogP contribution in [0, 0.1) is 12.7 Å². The number of aryl methyl sites for hydroxylation is 1. The van der Waals surface area contributed by atoms with Crippen LogP contribution in [0.5, 0.6) is 0 Å². The maximum atomic E-state index is 13.0. The van der Waals surface area contributed by atoms with Gasteiger partial charge in [0.05, 0.1) is 22.1 Å². The summed E-state index contributed by atoms with van der Waals surface area (Å²) in [6.45, 7) is 2.00. The van der Waals surface area contributed by atoms with E-state index in [9.17, 15) is 9.18 Å². The van der Waals surface area contributed by atoms with E-state index < -0.39 is 0 Å². The summed E-state index contributed by atoms with van der Waals surface area (Å²) in [6.07, 6.45) is 1.58. The van der Waals surface area contributed by atoms with Gasteiger partial charge in [-0.25, -0.2) is 9.07 Å². The average Bonchev–Trinajstić information content (AvgIpc) is 2.85. The van der Waals surface area contributed by atoms with Crippen molar-refractivity contribution in [1.29, 1.82) is 0 Å². The number of aromatic nitrogens is 3. The molecule has 0 radical (unpaired) electrons. The molecule has 0 atom stereocenters. The number of hydrogen-bond acceptors (Lipinski definition) is 2. The predicted molar refractivity (Wildman–Crippen MR) is 83.9 cm³/mol. The smallest absolute Gasteiger partial charge is 0.280 e. The van der Waals surface area contributed by atoms with E-state index in [4.69, 9.17) is 0 Å². The lowest BCUT2D eigenvalue weighted by molar-refractivity contribution is 0.627. The number of hydrogen-bond donors (Lipinski definition) is 1. The summed E-state index contributed by atoms with van der Waals surface area (Å²) in [4.78, 5) is 16.9. The Labute approximate surface area is 124 Å². The van der Waals surface area contributed by atoms with Crippen LogP contribution in [0.15, 0.2) is 53.5 Å². The summed E-state index contributed by atoms with van der Waals surface area (Å²) >= 11 is 0. The number of nitrogens with zero attached hydrogens (tertiary/aromatic N) is 2. The summed E-state index contributed by atoms with van der Waals surface area (Å²) in [5.41, 5.74) is 3.07. The lowest BCUT2D eigenvalue weighted by Crippen LogP contribution is -2.14. The largest absolute Gasteiger partial charge is 0.290 e. The molecule has 0 saturated carbocycles. The fourth-order valence-corrected chi connectivity index (χ4v) is 2.64. The van der Waals surface area contributed by atoms with E-state index in [1.165, 1.54) is 16.8 Å². The molecule has 0 fully saturated rings. The van der Waals surface area contributed by atoms with Crippen molar-refractivity contribution < 1.29 is 4.39 Å². The van der Waals surface area contributed by atoms with Gasteiger partial charge in [0, 0.05) is 11.6 Å². The third kappa shape index (κ3) is 1.83. The molecule has 1 N–H and O–H groups in total. The molecule has 0 aliphatic carbocycles. The fourth-order valence-electron chi connectivity index (χ4n) is 2.64. The van der Waals surface area contributed by atoms with Gasteiger partial charge in [-0.2, -0.15) is 0 Å². The Morgan fingerprint density at radius 2 is 1.86 bits per heavy atom. The highest BCUT2D eigenvalue weighted by molar-refractivity contribution is 6.02. The molecular formula is C17H12FN3O. The monoisotopic (exact) mass is 293 g/mol. The zero-order chi connectivity index (χ0) is 15.3. The number of nitrogens with one attached hydrogen (secondary N) is 1. The van der Waals surface area contributed by atoms with Crippen LogP contribution in [0.2, 0.25) is 0 Å². The van der Waals surface area contributed by atoms with Gasteiger partial charge in [-0.1, -0.05) is 12.1 Å². The Balaban J connectivity index is 2.06. The molecule has 0 spiro atoms. The molecular weight excluding hydrogens is 281 g/mol. The molecule has 22 heavy (non-hydrogen) atoms. The van der Waals surface area contributed by atoms with E-state index in [2.05, 4.69) is 10.1 Å². The van der Waals surface area contributed by atoms with Crippen molar-refractivity contribution in [2.24, 2.45) is 0 Å². The predicted octanol–water partition coefficient (Wildman–Crippen LogP) is 3.31. The molecule has 2 aromatic heterocycles. The topological polar surface area (TPSA) is 50.7 Å². The summed E-state index contributed by atoms with van der Waals surface area (Å²) in [5.74, 6) is -0.337. The van der Waals surface area contributed by atoms with Crippen LogP contribution >= 0.6 is 0 Å². The minimum absolute atomic E-state index is 0.198. The zero-order valence-electron chi connectivity index (χ0n) is 11.8. The minimum Gasteiger partial charge on any atom is -0.290 e. The van der Waals surface area contributed by atoms with E-state index in [1.807, 2.05) is 25.1 Å². The van der Waals surface area contributed by atoms with Crippen LogP contribution in [-0.2, 0) is 0 Å². The molecule has 5 heteroatoms. The second kappa shape index (κ2) is 4.53. The van der Waals surface area contributed by atoms with Gasteiger partial charge in [-0.3, -0.25) is 14.9 Å². The Morgan fingerprint density at radius 1 is 1.09 bits per heavy atom. The van der Waals surface area contributed by atoms with Crippen LogP contribution in [0.25, 0.3) is 27.5 Å². The van der Waals surface area contributed by atoms with Crippen LogP contribution in [-0.4, -0.2) is 14.8 Å². The van der Waals surface area contributed by atoms with Gasteiger partial charge in [0.25, 0.3) is 5.56 Å². The van der Waals surface area contributed by atoms with Gasteiger partial charge < -0.3 is 0 Å². The quantitative estimate of drug-likeness (QED) is 0.585. The van der Waals surface area contributed by atoms with Gasteiger partial charge in [0.2, 0.25) is 0 Å². The van der Waals surface area contributed by atoms with E-state index in [-0.39, 0.29) is 11.4 Å². The molecule has 2 heterocycles. The van der Waals surface area contributed by atoms with Crippen molar-refractivity contribution in [2.75, 3.05) is 0 Å². The Morgan fingerprint density at radius 3 is 2.64 bits per heavy atom. The highest BCUT2D eigenvalue weighted by Gasteiger charge is 2.12. The molecule has 4 aromatic rings. The lowest BCUT2D eigenvalue weighted by atomic mass is 10.1. The number of aromatic amines is 1. The number of pyridine rings is 1. The first-order chi connectivity index (χ1) is 10.6. The first-order valence-electron chi connectivity index (χ1n) is 6.89. The first-order valence-corrected chi connectivity index (χ1v) is 6.89. The third-order valence-electron chi connectivity index (χ3n) is 3.77. The second-order valence-corrected chi connectivity index (χ2v) is 5.30. The van der Waals surface area contributed by atoms with Gasteiger partial charge in [-0.15, -0.1) is 0 Å². The van der Waals surface area contributed by atoms with Crippen molar-refractivity contribution in [3.05, 3.63) is 70.4 Å². The van der Waals surface area contributed by atoms with Crippen LogP contribution in [0.1, 0.15) is 5.56 Å². The van der Waals surface area contributed by atoms with Crippen LogP contribution in [0.4, 0.5) is 4.39 Å². The van der Waals surface area contributed by atoms with Crippen molar-refractivity contribution in [2.45, 2.75) is 6.92 Å². The number of halogens is 1. The van der Waals surface area contributed by atoms with Crippen LogP contribution < -0.4 is 5.56 Å². The summed E-state index contributed by atoms with van der Waals surface area (Å²) in [5, 5.41) is 4.51. The maximum Gasteiger partial charge on any atom is 0.280 e. The van der Waals surface area contributed by atoms with E-state index in [0.717, 1.165) is 22.0 Å². The Kier molecular flexibility index (Phi) is 2.63. The number of rotatable bonds is 1. The molecule has 4 nitrogen and oxygen atoms in total. The van der Waals surface area contributed by atoms with Gasteiger partial charge in [0.15, 0.2) is 0 Å². The zero-order valence-corrected chi connectivity index (χ0v) is 11.8. The van der Waals surface area contributed by atoms with Gasteiger partial charge in [0.1, 0.15) is 5.82 Å². The van der Waals surface area contributed by atoms with Crippen molar-refractivity contribution in [3.8, 4) is 5.69 Å². The lowest BCUT2D eigenvalue weighted by Gasteiger charge is -2.01. The fraction of sp³-hybridized carbons (Fsp3) is 0.0588. The molecule has 0 amide bonds. The highest BCUT2D eigenvalue weighted by atomic mass is 19.1. The van der Waals surface area contributed by atoms with E-state index in [1.54, 1.807) is 18.3 Å². The summed E-state index contributed by atoms with van der Waals surface area (Å²) in [6, 6.07) is 11.7. The third-order valence-corrected chi connectivity index (χ3v) is 3.77. The van der Waals surface area contributed by atoms with Crippen LogP contribution in [0.3, 0.4) is 0 Å². The highest BCUT2D eigenvalue weighted by Crippen LogP contribution is 2.21. The standard InChI is InChI=1S/C17H12FN3O/c1-10-2-7-13-15(8-10)19-9-14-16(13)20-21(17(14)22)12-5-3-11(18)4-6-12/h2-9,20H,1H3.